The fourth-order valence-electron chi connectivity index (χ4n) is 0. The van der Waals surface area contributed by atoms with Crippen LogP contribution >= 0.6 is 0 Å². The molecule has 54 valence electrons. The van der Waals surface area contributed by atoms with Crippen LogP contribution in [0.5, 0.6) is 0 Å². The summed E-state index contributed by atoms with van der Waals surface area (Å²) in [6.07, 6.45) is 0. The predicted molar refractivity (Wildman–Crippen MR) is 35.6 cm³/mol. The zero-order chi connectivity index (χ0) is 8.57. The molecular formula is C6H9N3O. The molecule has 4 nitrogen and oxygen atoms in total. The number of carbonyl (C=O) groups is 1. The number of hydrogen-bond acceptors (Lipinski definition) is 3. The van der Waals surface area contributed by atoms with Crippen molar-refractivity contribution in [1.29, 1.82) is 10.5 Å². The Balaban J connectivity index is 0. The zero-order valence-electron chi connectivity index (χ0n) is 6.25. The molecule has 0 aromatic carbocycles. The highest BCUT2D eigenvalue weighted by molar-refractivity contribution is 5.72. The normalized spacial score (nSPS) is 5.70. The lowest BCUT2D eigenvalue weighted by Gasteiger charge is -2.02. The van der Waals surface area contributed by atoms with E-state index in [1.54, 1.807) is 14.1 Å². The van der Waals surface area contributed by atoms with Gasteiger partial charge in [-0.1, -0.05) is 0 Å². The van der Waals surface area contributed by atoms with Crippen LogP contribution in [0.25, 0.3) is 0 Å². The number of amides is 1. The van der Waals surface area contributed by atoms with E-state index in [0.29, 0.717) is 0 Å². The molecule has 0 aromatic rings. The summed E-state index contributed by atoms with van der Waals surface area (Å²) in [5.74, 6) is 0.0926. The van der Waals surface area contributed by atoms with Crippen molar-refractivity contribution in [2.45, 2.75) is 6.92 Å². The summed E-state index contributed by atoms with van der Waals surface area (Å²) in [4.78, 5) is 11.6. The molecule has 0 heterocycles. The maximum absolute atomic E-state index is 10.1. The standard InChI is InChI=1S/C4H9NO.C2N2/c1-4(6)5(2)3;3-1-2-4/h1-3H3;. The number of hydrogen-bond donors (Lipinski definition) is 0. The minimum absolute atomic E-state index is 0.0926. The Labute approximate surface area is 60.3 Å². The Morgan fingerprint density at radius 3 is 1.50 bits per heavy atom. The first-order chi connectivity index (χ1) is 4.56. The Morgan fingerprint density at radius 2 is 1.50 bits per heavy atom. The van der Waals surface area contributed by atoms with E-state index in [1.807, 2.05) is 0 Å². The summed E-state index contributed by atoms with van der Waals surface area (Å²) in [6.45, 7) is 1.53. The Morgan fingerprint density at radius 1 is 1.30 bits per heavy atom. The maximum Gasteiger partial charge on any atom is 0.218 e. The third-order valence-electron chi connectivity index (χ3n) is 0.680. The number of rotatable bonds is 0. The molecule has 1 amide bonds. The van der Waals surface area contributed by atoms with E-state index < -0.39 is 0 Å². The SMILES string of the molecule is CC(=O)N(C)C.N#CC#N. The molecule has 4 heteroatoms. The number of nitrogens with zero attached hydrogens (tertiary/aromatic N) is 3. The molecule has 0 N–H and O–H groups in total. The second kappa shape index (κ2) is 7.45. The van der Waals surface area contributed by atoms with Gasteiger partial charge in [0.15, 0.2) is 12.1 Å². The van der Waals surface area contributed by atoms with Crippen LogP contribution in [0.4, 0.5) is 0 Å². The molecule has 0 fully saturated rings. The molecule has 0 saturated heterocycles. The molecule has 0 aromatic heterocycles. The first-order valence-corrected chi connectivity index (χ1v) is 2.52. The van der Waals surface area contributed by atoms with E-state index in [9.17, 15) is 4.79 Å². The topological polar surface area (TPSA) is 67.9 Å². The second-order valence-corrected chi connectivity index (χ2v) is 1.64. The van der Waals surface area contributed by atoms with E-state index in [0.717, 1.165) is 0 Å². The Kier molecular flexibility index (Phi) is 8.40. The van der Waals surface area contributed by atoms with Gasteiger partial charge < -0.3 is 4.90 Å². The highest BCUT2D eigenvalue weighted by Crippen LogP contribution is 1.69. The van der Waals surface area contributed by atoms with Crippen molar-refractivity contribution in [2.24, 2.45) is 0 Å². The van der Waals surface area contributed by atoms with Crippen LogP contribution in [-0.2, 0) is 4.79 Å². The lowest BCUT2D eigenvalue weighted by atomic mass is 10.7. The third-order valence-corrected chi connectivity index (χ3v) is 0.680. The van der Waals surface area contributed by atoms with Gasteiger partial charge in [0, 0.05) is 21.0 Å². The fourth-order valence-corrected chi connectivity index (χ4v) is 0. The minimum Gasteiger partial charge on any atom is -0.349 e. The van der Waals surface area contributed by atoms with Crippen LogP contribution in [0.1, 0.15) is 6.92 Å². The molecule has 0 aliphatic carbocycles. The molecular weight excluding hydrogens is 130 g/mol. The van der Waals surface area contributed by atoms with Crippen LogP contribution in [0.15, 0.2) is 0 Å². The van der Waals surface area contributed by atoms with Gasteiger partial charge >= 0.3 is 0 Å². The van der Waals surface area contributed by atoms with E-state index in [4.69, 9.17) is 10.5 Å². The van der Waals surface area contributed by atoms with Crippen molar-refractivity contribution >= 4 is 5.91 Å². The quantitative estimate of drug-likeness (QED) is 0.479. The van der Waals surface area contributed by atoms with Gasteiger partial charge in [-0.3, -0.25) is 4.79 Å². The Bertz CT molecular complexity index is 160. The molecule has 0 spiro atoms. The van der Waals surface area contributed by atoms with Gasteiger partial charge in [-0.25, -0.2) is 0 Å². The average Bonchev–Trinajstić information content (AvgIpc) is 1.89. The van der Waals surface area contributed by atoms with Crippen LogP contribution in [-0.4, -0.2) is 24.9 Å². The third kappa shape index (κ3) is 16.1. The largest absolute Gasteiger partial charge is 0.349 e. The van der Waals surface area contributed by atoms with Crippen LogP contribution in [0.2, 0.25) is 0 Å². The number of carbonyl (C=O) groups excluding carboxylic acids is 1. The highest BCUT2D eigenvalue weighted by Gasteiger charge is 1.87. The monoisotopic (exact) mass is 139 g/mol. The van der Waals surface area contributed by atoms with Crippen LogP contribution in [0.3, 0.4) is 0 Å². The van der Waals surface area contributed by atoms with Gasteiger partial charge in [-0.15, -0.1) is 0 Å². The summed E-state index contributed by atoms with van der Waals surface area (Å²) < 4.78 is 0. The smallest absolute Gasteiger partial charge is 0.218 e. The number of nitriles is 2. The molecule has 0 atom stereocenters. The molecule has 0 aliphatic heterocycles. The molecule has 0 saturated carbocycles. The summed E-state index contributed by atoms with van der Waals surface area (Å²) in [6, 6.07) is 2.47. The minimum atomic E-state index is 0.0926. The second-order valence-electron chi connectivity index (χ2n) is 1.64. The van der Waals surface area contributed by atoms with Gasteiger partial charge in [0.05, 0.1) is 0 Å². The van der Waals surface area contributed by atoms with Gasteiger partial charge in [-0.2, -0.15) is 10.5 Å². The highest BCUT2D eigenvalue weighted by atomic mass is 16.2. The summed E-state index contributed by atoms with van der Waals surface area (Å²) in [5.41, 5.74) is 0. The van der Waals surface area contributed by atoms with E-state index >= 15 is 0 Å². The van der Waals surface area contributed by atoms with Crippen molar-refractivity contribution in [3.63, 3.8) is 0 Å². The molecule has 10 heavy (non-hydrogen) atoms. The van der Waals surface area contributed by atoms with Crippen molar-refractivity contribution < 1.29 is 4.79 Å². The van der Waals surface area contributed by atoms with Gasteiger partial charge in [-0.05, 0) is 0 Å². The van der Waals surface area contributed by atoms with Crippen molar-refractivity contribution in [3.05, 3.63) is 0 Å². The molecule has 0 aliphatic rings. The first-order valence-electron chi connectivity index (χ1n) is 2.52. The molecule has 0 rings (SSSR count). The zero-order valence-corrected chi connectivity index (χ0v) is 6.25. The maximum atomic E-state index is 10.1. The van der Waals surface area contributed by atoms with Gasteiger partial charge in [0.1, 0.15) is 0 Å². The van der Waals surface area contributed by atoms with Crippen LogP contribution < -0.4 is 0 Å². The molecule has 0 unspecified atom stereocenters. The van der Waals surface area contributed by atoms with E-state index in [2.05, 4.69) is 0 Å². The van der Waals surface area contributed by atoms with Crippen molar-refractivity contribution in [1.82, 2.24) is 4.90 Å². The van der Waals surface area contributed by atoms with Gasteiger partial charge in [0.25, 0.3) is 0 Å². The predicted octanol–water partition coefficient (Wildman–Crippen LogP) is 0.128. The lowest BCUT2D eigenvalue weighted by molar-refractivity contribution is -0.126. The fraction of sp³-hybridized carbons (Fsp3) is 0.500. The lowest BCUT2D eigenvalue weighted by Crippen LogP contribution is -2.17. The van der Waals surface area contributed by atoms with Gasteiger partial charge in [0.2, 0.25) is 5.91 Å². The molecule has 0 bridgehead atoms. The summed E-state index contributed by atoms with van der Waals surface area (Å²) in [7, 11) is 3.45. The summed E-state index contributed by atoms with van der Waals surface area (Å²) in [5, 5.41) is 14.5. The first kappa shape index (κ1) is 11.3. The van der Waals surface area contributed by atoms with E-state index in [1.165, 1.54) is 24.0 Å². The van der Waals surface area contributed by atoms with Crippen molar-refractivity contribution in [2.75, 3.05) is 14.1 Å². The molecule has 0 radical (unpaired) electrons. The summed E-state index contributed by atoms with van der Waals surface area (Å²) >= 11 is 0. The average molecular weight is 139 g/mol. The van der Waals surface area contributed by atoms with Crippen LogP contribution in [0, 0.1) is 22.7 Å². The Hall–Kier alpha value is -1.55. The van der Waals surface area contributed by atoms with E-state index in [-0.39, 0.29) is 5.91 Å². The van der Waals surface area contributed by atoms with Crippen molar-refractivity contribution in [3.8, 4) is 12.1 Å².